The van der Waals surface area contributed by atoms with E-state index >= 15 is 0 Å². The van der Waals surface area contributed by atoms with E-state index in [9.17, 15) is 22.8 Å². The van der Waals surface area contributed by atoms with Crippen molar-refractivity contribution in [2.75, 3.05) is 0 Å². The van der Waals surface area contributed by atoms with Crippen molar-refractivity contribution < 1.29 is 22.8 Å². The first-order valence-corrected chi connectivity index (χ1v) is 4.59. The maximum atomic E-state index is 12.4. The second-order valence-electron chi connectivity index (χ2n) is 3.16. The monoisotopic (exact) mass is 262 g/mol. The average Bonchev–Trinajstić information content (AvgIpc) is 2.19. The fourth-order valence-electron chi connectivity index (χ4n) is 1.25. The average molecular weight is 263 g/mol. The zero-order chi connectivity index (χ0) is 12.8. The number of carbonyl (C=O) groups is 2. The van der Waals surface area contributed by atoms with Crippen LogP contribution in [0, 0.1) is 0 Å². The summed E-state index contributed by atoms with van der Waals surface area (Å²) in [6.07, 6.45) is -4.61. The summed E-state index contributed by atoms with van der Waals surface area (Å²) in [6.45, 7) is 0. The van der Waals surface area contributed by atoms with Crippen molar-refractivity contribution in [1.29, 1.82) is 0 Å². The summed E-state index contributed by atoms with van der Waals surface area (Å²) in [5, 5.41) is -0.946. The van der Waals surface area contributed by atoms with Crippen molar-refractivity contribution in [2.24, 2.45) is 9.98 Å². The lowest BCUT2D eigenvalue weighted by Gasteiger charge is -2.07. The molecule has 0 aromatic heterocycles. The molecule has 0 atom stereocenters. The third kappa shape index (κ3) is 2.05. The van der Waals surface area contributed by atoms with Gasteiger partial charge < -0.3 is 0 Å². The molecule has 1 aromatic rings. The minimum Gasteiger partial charge on any atom is -0.261 e. The number of carbonyl (C=O) groups excluding carboxylic acids is 2. The lowest BCUT2D eigenvalue weighted by Crippen LogP contribution is -2.36. The van der Waals surface area contributed by atoms with E-state index in [0.29, 0.717) is 12.1 Å². The van der Waals surface area contributed by atoms with Crippen LogP contribution in [0.5, 0.6) is 0 Å². The maximum Gasteiger partial charge on any atom is 0.416 e. The molecule has 17 heavy (non-hydrogen) atoms. The van der Waals surface area contributed by atoms with E-state index in [1.54, 1.807) is 0 Å². The van der Waals surface area contributed by atoms with Gasteiger partial charge in [0.2, 0.25) is 0 Å². The zero-order valence-electron chi connectivity index (χ0n) is 7.88. The second-order valence-corrected chi connectivity index (χ2v) is 3.56. The fourth-order valence-corrected chi connectivity index (χ4v) is 1.51. The maximum absolute atomic E-state index is 12.4. The van der Waals surface area contributed by atoms with Crippen LogP contribution in [0.4, 0.5) is 13.2 Å². The first kappa shape index (κ1) is 11.7. The highest BCUT2D eigenvalue weighted by atomic mass is 35.5. The van der Waals surface area contributed by atoms with Crippen molar-refractivity contribution in [2.45, 2.75) is 6.18 Å². The topological polar surface area (TPSA) is 58.9 Å². The van der Waals surface area contributed by atoms with Gasteiger partial charge in [-0.2, -0.15) is 13.2 Å². The predicted octanol–water partition coefficient (Wildman–Crippen LogP) is 0.665. The number of alkyl halides is 3. The van der Waals surface area contributed by atoms with E-state index < -0.39 is 23.6 Å². The van der Waals surface area contributed by atoms with Gasteiger partial charge in [0, 0.05) is 0 Å². The highest BCUT2D eigenvalue weighted by Gasteiger charge is 2.32. The number of benzene rings is 1. The third-order valence-corrected chi connectivity index (χ3v) is 2.28. The SMILES string of the molecule is O=C1N=c2cc(C(F)(F)F)cc(Cl)c2=NC1=O. The number of amides is 2. The Morgan fingerprint density at radius 3 is 2.24 bits per heavy atom. The summed E-state index contributed by atoms with van der Waals surface area (Å²) in [7, 11) is 0. The van der Waals surface area contributed by atoms with Crippen molar-refractivity contribution >= 4 is 23.4 Å². The van der Waals surface area contributed by atoms with Crippen molar-refractivity contribution in [1.82, 2.24) is 0 Å². The van der Waals surface area contributed by atoms with E-state index in [1.807, 2.05) is 0 Å². The molecule has 0 saturated carbocycles. The Morgan fingerprint density at radius 1 is 1.06 bits per heavy atom. The number of nitrogens with zero attached hydrogens (tertiary/aromatic N) is 2. The van der Waals surface area contributed by atoms with Gasteiger partial charge in [0.05, 0.1) is 15.9 Å². The summed E-state index contributed by atoms with van der Waals surface area (Å²) >= 11 is 5.55. The van der Waals surface area contributed by atoms with Gasteiger partial charge in [-0.15, -0.1) is 0 Å². The van der Waals surface area contributed by atoms with Crippen LogP contribution in [0.15, 0.2) is 22.1 Å². The summed E-state index contributed by atoms with van der Waals surface area (Å²) in [6, 6.07) is 1.25. The molecule has 0 aliphatic carbocycles. The van der Waals surface area contributed by atoms with Crippen LogP contribution in [0.2, 0.25) is 5.02 Å². The number of hydrogen-bond acceptors (Lipinski definition) is 2. The lowest BCUT2D eigenvalue weighted by atomic mass is 10.2. The van der Waals surface area contributed by atoms with Crippen LogP contribution < -0.4 is 10.7 Å². The molecule has 1 heterocycles. The Labute approximate surface area is 96.4 Å². The Morgan fingerprint density at radius 2 is 1.65 bits per heavy atom. The van der Waals surface area contributed by atoms with E-state index in [-0.39, 0.29) is 15.7 Å². The normalized spacial score (nSPS) is 15.1. The van der Waals surface area contributed by atoms with Gasteiger partial charge >= 0.3 is 18.0 Å². The fraction of sp³-hybridized carbons (Fsp3) is 0.111. The standard InChI is InChI=1S/C9H2ClF3N2O2/c10-4-1-3(9(11,12)13)2-5-6(4)15-8(17)7(16)14-5/h1-2H. The van der Waals surface area contributed by atoms with Crippen molar-refractivity contribution in [3.05, 3.63) is 33.4 Å². The third-order valence-electron chi connectivity index (χ3n) is 1.99. The Kier molecular flexibility index (Phi) is 2.50. The van der Waals surface area contributed by atoms with E-state index in [4.69, 9.17) is 11.6 Å². The quantitative estimate of drug-likeness (QED) is 0.645. The summed E-state index contributed by atoms with van der Waals surface area (Å²) in [4.78, 5) is 28.3. The van der Waals surface area contributed by atoms with Crippen LogP contribution in [0.1, 0.15) is 5.56 Å². The minimum absolute atomic E-state index is 0.218. The van der Waals surface area contributed by atoms with Crippen molar-refractivity contribution in [3.8, 4) is 0 Å². The highest BCUT2D eigenvalue weighted by molar-refractivity contribution is 6.36. The molecule has 0 spiro atoms. The molecule has 0 radical (unpaired) electrons. The van der Waals surface area contributed by atoms with Crippen LogP contribution in [-0.2, 0) is 15.8 Å². The molecule has 1 aliphatic heterocycles. The molecule has 0 fully saturated rings. The Hall–Kier alpha value is -1.76. The van der Waals surface area contributed by atoms with Gasteiger partial charge in [-0.25, -0.2) is 9.98 Å². The number of halogens is 4. The molecule has 8 heteroatoms. The Bertz CT molecular complexity index is 651. The smallest absolute Gasteiger partial charge is 0.261 e. The van der Waals surface area contributed by atoms with Gasteiger partial charge in [-0.3, -0.25) is 9.59 Å². The molecule has 0 N–H and O–H groups in total. The second kappa shape index (κ2) is 3.63. The van der Waals surface area contributed by atoms with Crippen LogP contribution in [-0.4, -0.2) is 11.8 Å². The van der Waals surface area contributed by atoms with Gasteiger partial charge in [0.25, 0.3) is 0 Å². The van der Waals surface area contributed by atoms with E-state index in [2.05, 4.69) is 9.98 Å². The molecule has 0 saturated heterocycles. The van der Waals surface area contributed by atoms with Gasteiger partial charge in [-0.1, -0.05) is 11.6 Å². The van der Waals surface area contributed by atoms with Gasteiger partial charge in [-0.05, 0) is 12.1 Å². The van der Waals surface area contributed by atoms with Crippen molar-refractivity contribution in [3.63, 3.8) is 0 Å². The van der Waals surface area contributed by atoms with Crippen LogP contribution >= 0.6 is 11.6 Å². The summed E-state index contributed by atoms with van der Waals surface area (Å²) < 4.78 is 37.3. The molecule has 2 rings (SSSR count). The molecule has 1 aromatic carbocycles. The molecule has 2 amide bonds. The molecule has 4 nitrogen and oxygen atoms in total. The zero-order valence-corrected chi connectivity index (χ0v) is 8.63. The first-order valence-electron chi connectivity index (χ1n) is 4.21. The molecular weight excluding hydrogens is 261 g/mol. The highest BCUT2D eigenvalue weighted by Crippen LogP contribution is 2.28. The largest absolute Gasteiger partial charge is 0.416 e. The number of rotatable bonds is 0. The van der Waals surface area contributed by atoms with Gasteiger partial charge in [0.1, 0.15) is 5.36 Å². The molecule has 0 unspecified atom stereocenters. The lowest BCUT2D eigenvalue weighted by molar-refractivity contribution is -0.137. The van der Waals surface area contributed by atoms with E-state index in [1.165, 1.54) is 0 Å². The summed E-state index contributed by atoms with van der Waals surface area (Å²) in [5.74, 6) is -2.37. The van der Waals surface area contributed by atoms with Crippen LogP contribution in [0.25, 0.3) is 0 Å². The predicted molar refractivity (Wildman–Crippen MR) is 48.8 cm³/mol. The van der Waals surface area contributed by atoms with E-state index in [0.717, 1.165) is 0 Å². The van der Waals surface area contributed by atoms with Gasteiger partial charge in [0.15, 0.2) is 0 Å². The number of hydrogen-bond donors (Lipinski definition) is 0. The minimum atomic E-state index is -4.61. The molecule has 0 bridgehead atoms. The van der Waals surface area contributed by atoms with Crippen LogP contribution in [0.3, 0.4) is 0 Å². The summed E-state index contributed by atoms with van der Waals surface area (Å²) in [5.41, 5.74) is -1.05. The number of fused-ring (bicyclic) bond motifs is 1. The molecule has 1 aliphatic rings. The Balaban J connectivity index is 2.81. The molecular formula is C9H2ClF3N2O2. The first-order chi connectivity index (χ1) is 7.79. The molecule has 88 valence electrons.